The van der Waals surface area contributed by atoms with E-state index in [9.17, 15) is 4.79 Å². The smallest absolute Gasteiger partial charge is 0.251 e. The summed E-state index contributed by atoms with van der Waals surface area (Å²) in [4.78, 5) is 12.7. The van der Waals surface area contributed by atoms with Gasteiger partial charge in [0.1, 0.15) is 24.0 Å². The number of nitrogens with one attached hydrogen (secondary N) is 2. The molecule has 0 aromatic heterocycles. The second-order valence-corrected chi connectivity index (χ2v) is 9.90. The maximum atomic E-state index is 12.7. The van der Waals surface area contributed by atoms with E-state index in [1.54, 1.807) is 24.3 Å². The minimum atomic E-state index is -0.788. The van der Waals surface area contributed by atoms with Gasteiger partial charge in [-0.3, -0.25) is 10.1 Å². The van der Waals surface area contributed by atoms with Crippen LogP contribution in [0.5, 0.6) is 0 Å². The number of amides is 1. The molecule has 0 aliphatic carbocycles. The van der Waals surface area contributed by atoms with Gasteiger partial charge >= 0.3 is 0 Å². The molecule has 9 heteroatoms. The molecule has 3 aliphatic heterocycles. The van der Waals surface area contributed by atoms with E-state index in [2.05, 4.69) is 10.6 Å². The Morgan fingerprint density at radius 2 is 1.97 bits per heavy atom. The molecule has 0 spiro atoms. The Balaban J connectivity index is 1.21. The minimum absolute atomic E-state index is 0.0842. The molecular formula is C24H26Cl2N2O5. The number of carbonyl (C=O) groups is 1. The van der Waals surface area contributed by atoms with Crippen molar-refractivity contribution < 1.29 is 23.7 Å². The largest absolute Gasteiger partial charge is 0.371 e. The fourth-order valence-corrected chi connectivity index (χ4v) is 5.04. The first-order valence-electron chi connectivity index (χ1n) is 10.9. The van der Waals surface area contributed by atoms with Crippen molar-refractivity contribution in [1.82, 2.24) is 10.6 Å². The highest BCUT2D eigenvalue weighted by Gasteiger charge is 2.61. The number of benzene rings is 2. The highest BCUT2D eigenvalue weighted by molar-refractivity contribution is 6.31. The molecule has 2 N–H and O–H groups in total. The van der Waals surface area contributed by atoms with E-state index in [1.807, 2.05) is 38.1 Å². The summed E-state index contributed by atoms with van der Waals surface area (Å²) < 4.78 is 24.3. The second-order valence-electron chi connectivity index (χ2n) is 9.05. The Kier molecular flexibility index (Phi) is 6.16. The van der Waals surface area contributed by atoms with Crippen molar-refractivity contribution in [3.8, 4) is 0 Å². The lowest BCUT2D eigenvalue weighted by molar-refractivity contribution is -0.188. The summed E-state index contributed by atoms with van der Waals surface area (Å²) in [6.07, 6.45) is -0.830. The SMILES string of the molecule is CC1(C)O[C@@H]2[C@@H](CNC3OC3c3ccccc3Cl)OC[C@]2(CNC(=O)c2cccc(Cl)c2)O1. The lowest BCUT2D eigenvalue weighted by Crippen LogP contribution is -2.52. The van der Waals surface area contributed by atoms with Gasteiger partial charge in [0, 0.05) is 27.7 Å². The van der Waals surface area contributed by atoms with E-state index in [0.29, 0.717) is 28.8 Å². The van der Waals surface area contributed by atoms with Crippen LogP contribution in [0.4, 0.5) is 0 Å². The molecule has 2 aromatic carbocycles. The molecule has 3 saturated heterocycles. The normalized spacial score (nSPS) is 31.9. The van der Waals surface area contributed by atoms with E-state index in [0.717, 1.165) is 5.56 Å². The first-order chi connectivity index (χ1) is 15.8. The maximum absolute atomic E-state index is 12.7. The molecule has 0 bridgehead atoms. The Bertz CT molecular complexity index is 1050. The number of rotatable bonds is 7. The van der Waals surface area contributed by atoms with Gasteiger partial charge < -0.3 is 24.3 Å². The van der Waals surface area contributed by atoms with Crippen LogP contribution < -0.4 is 10.6 Å². The van der Waals surface area contributed by atoms with Crippen molar-refractivity contribution in [1.29, 1.82) is 0 Å². The van der Waals surface area contributed by atoms with Crippen LogP contribution in [0.1, 0.15) is 35.9 Å². The molecule has 5 rings (SSSR count). The number of carbonyl (C=O) groups excluding carboxylic acids is 1. The molecule has 2 aromatic rings. The van der Waals surface area contributed by atoms with Gasteiger partial charge in [-0.25, -0.2) is 0 Å². The third-order valence-electron chi connectivity index (χ3n) is 6.12. The third kappa shape index (κ3) is 4.77. The first-order valence-corrected chi connectivity index (χ1v) is 11.7. The van der Waals surface area contributed by atoms with Crippen LogP contribution in [-0.4, -0.2) is 55.4 Å². The number of epoxide rings is 1. The van der Waals surface area contributed by atoms with Gasteiger partial charge in [-0.05, 0) is 38.1 Å². The van der Waals surface area contributed by atoms with Crippen LogP contribution in [0, 0.1) is 0 Å². The summed E-state index contributed by atoms with van der Waals surface area (Å²) in [6, 6.07) is 14.5. The van der Waals surface area contributed by atoms with Gasteiger partial charge in [-0.15, -0.1) is 0 Å². The fourth-order valence-electron chi connectivity index (χ4n) is 4.60. The standard InChI is InChI=1S/C24H26Cl2N2O5/c1-23(2)32-20-18(11-27-22-19(31-22)16-8-3-4-9-17(16)26)30-13-24(20,33-23)12-28-21(29)14-6-5-7-15(25)10-14/h3-10,18-20,22,27H,11-13H2,1-2H3,(H,28,29)/t18-,19?,20-,22?,24+/m1/s1. The summed E-state index contributed by atoms with van der Waals surface area (Å²) in [6.45, 7) is 4.81. The summed E-state index contributed by atoms with van der Waals surface area (Å²) in [5.41, 5.74) is 0.669. The third-order valence-corrected chi connectivity index (χ3v) is 6.70. The Morgan fingerprint density at radius 3 is 2.76 bits per heavy atom. The number of hydrogen-bond donors (Lipinski definition) is 2. The zero-order valence-corrected chi connectivity index (χ0v) is 19.9. The quantitative estimate of drug-likeness (QED) is 0.573. The molecule has 0 saturated carbocycles. The topological polar surface area (TPSA) is 81.4 Å². The number of halogens is 2. The molecule has 3 heterocycles. The zero-order chi connectivity index (χ0) is 23.2. The number of hydrogen-bond acceptors (Lipinski definition) is 6. The highest BCUT2D eigenvalue weighted by Crippen LogP contribution is 2.44. The minimum Gasteiger partial charge on any atom is -0.371 e. The molecule has 176 valence electrons. The monoisotopic (exact) mass is 492 g/mol. The Morgan fingerprint density at radius 1 is 1.15 bits per heavy atom. The predicted molar refractivity (Wildman–Crippen MR) is 123 cm³/mol. The van der Waals surface area contributed by atoms with E-state index >= 15 is 0 Å². The van der Waals surface area contributed by atoms with Crippen LogP contribution in [-0.2, 0) is 18.9 Å². The number of ether oxygens (including phenoxy) is 4. The maximum Gasteiger partial charge on any atom is 0.251 e. The Labute approximate surface area is 202 Å². The molecular weight excluding hydrogens is 467 g/mol. The van der Waals surface area contributed by atoms with Gasteiger partial charge in [-0.1, -0.05) is 47.5 Å². The summed E-state index contributed by atoms with van der Waals surface area (Å²) >= 11 is 12.3. The van der Waals surface area contributed by atoms with Crippen molar-refractivity contribution >= 4 is 29.1 Å². The van der Waals surface area contributed by atoms with Crippen molar-refractivity contribution in [3.63, 3.8) is 0 Å². The fraction of sp³-hybridized carbons (Fsp3) is 0.458. The first kappa shape index (κ1) is 23.1. The van der Waals surface area contributed by atoms with Gasteiger partial charge in [0.2, 0.25) is 0 Å². The average molecular weight is 493 g/mol. The van der Waals surface area contributed by atoms with Crippen LogP contribution in [0.3, 0.4) is 0 Å². The molecule has 1 amide bonds. The van der Waals surface area contributed by atoms with Gasteiger partial charge in [-0.2, -0.15) is 0 Å². The molecule has 3 aliphatic rings. The zero-order valence-electron chi connectivity index (χ0n) is 18.3. The van der Waals surface area contributed by atoms with E-state index in [4.69, 9.17) is 42.1 Å². The van der Waals surface area contributed by atoms with Crippen molar-refractivity contribution in [2.75, 3.05) is 19.7 Å². The Hall–Kier alpha value is -1.71. The van der Waals surface area contributed by atoms with Crippen molar-refractivity contribution in [2.24, 2.45) is 0 Å². The summed E-state index contributed by atoms with van der Waals surface area (Å²) in [7, 11) is 0. The molecule has 2 unspecified atom stereocenters. The van der Waals surface area contributed by atoms with E-state index in [-0.39, 0.29) is 37.0 Å². The number of fused-ring (bicyclic) bond motifs is 1. The molecule has 33 heavy (non-hydrogen) atoms. The molecule has 7 nitrogen and oxygen atoms in total. The van der Waals surface area contributed by atoms with Crippen LogP contribution >= 0.6 is 23.2 Å². The van der Waals surface area contributed by atoms with Crippen molar-refractivity contribution in [2.45, 2.75) is 49.8 Å². The highest BCUT2D eigenvalue weighted by atomic mass is 35.5. The van der Waals surface area contributed by atoms with Gasteiger partial charge in [0.05, 0.1) is 19.3 Å². The predicted octanol–water partition coefficient (Wildman–Crippen LogP) is 3.70. The summed E-state index contributed by atoms with van der Waals surface area (Å²) in [5.74, 6) is -1.02. The molecule has 3 fully saturated rings. The average Bonchev–Trinajstić information content (AvgIpc) is 3.40. The van der Waals surface area contributed by atoms with E-state index < -0.39 is 11.4 Å². The van der Waals surface area contributed by atoms with E-state index in [1.165, 1.54) is 0 Å². The summed E-state index contributed by atoms with van der Waals surface area (Å²) in [5, 5.41) is 7.54. The van der Waals surface area contributed by atoms with Crippen LogP contribution in [0.25, 0.3) is 0 Å². The lowest BCUT2D eigenvalue weighted by Gasteiger charge is -2.27. The second kappa shape index (κ2) is 8.82. The van der Waals surface area contributed by atoms with Crippen LogP contribution in [0.2, 0.25) is 10.0 Å². The van der Waals surface area contributed by atoms with Crippen LogP contribution in [0.15, 0.2) is 48.5 Å². The lowest BCUT2D eigenvalue weighted by atomic mass is 9.96. The van der Waals surface area contributed by atoms with Gasteiger partial charge in [0.15, 0.2) is 5.79 Å². The van der Waals surface area contributed by atoms with Crippen molar-refractivity contribution in [3.05, 3.63) is 69.7 Å². The molecule has 5 atom stereocenters. The van der Waals surface area contributed by atoms with Gasteiger partial charge in [0.25, 0.3) is 5.91 Å². The molecule has 0 radical (unpaired) electrons.